The Morgan fingerprint density at radius 3 is 2.81 bits per heavy atom. The maximum atomic E-state index is 13.2. The minimum atomic E-state index is -3.05. The zero-order chi connectivity index (χ0) is 18.7. The third-order valence-electron chi connectivity index (χ3n) is 4.74. The van der Waals surface area contributed by atoms with Crippen molar-refractivity contribution in [3.05, 3.63) is 29.0 Å². The van der Waals surface area contributed by atoms with E-state index < -0.39 is 15.7 Å². The summed E-state index contributed by atoms with van der Waals surface area (Å²) in [4.78, 5) is 14.3. The van der Waals surface area contributed by atoms with Crippen molar-refractivity contribution in [2.75, 3.05) is 36.5 Å². The maximum Gasteiger partial charge on any atom is 0.238 e. The third-order valence-corrected chi connectivity index (χ3v) is 6.78. The van der Waals surface area contributed by atoms with Gasteiger partial charge in [0.25, 0.3) is 0 Å². The second-order valence-corrected chi connectivity index (χ2v) is 9.43. The Morgan fingerprint density at radius 1 is 1.38 bits per heavy atom. The predicted octanol–water partition coefficient (Wildman–Crippen LogP) is 2.09. The lowest BCUT2D eigenvalue weighted by Crippen LogP contribution is -2.45. The van der Waals surface area contributed by atoms with Crippen molar-refractivity contribution < 1.29 is 22.3 Å². The van der Waals surface area contributed by atoms with E-state index in [1.54, 1.807) is 0 Å². The standard InChI is InChI=1S/C17H22ClFN2O4S/c18-15-8-12(3-4-16(15)19)20-17(22)10-21(9-14-2-1-6-25-14)13-5-7-26(23,24)11-13/h3-4,8,13-14H,1-2,5-7,9-11H2,(H,20,22). The van der Waals surface area contributed by atoms with Gasteiger partial charge in [-0.25, -0.2) is 12.8 Å². The highest BCUT2D eigenvalue weighted by atomic mass is 35.5. The molecule has 1 aromatic rings. The highest BCUT2D eigenvalue weighted by Gasteiger charge is 2.34. The van der Waals surface area contributed by atoms with E-state index in [0.717, 1.165) is 12.8 Å². The normalized spacial score (nSPS) is 24.9. The SMILES string of the molecule is O=C(CN(CC1CCCO1)C1CCS(=O)(=O)C1)Nc1ccc(F)c(Cl)c1. The monoisotopic (exact) mass is 404 g/mol. The van der Waals surface area contributed by atoms with Gasteiger partial charge in [-0.1, -0.05) is 11.6 Å². The smallest absolute Gasteiger partial charge is 0.238 e. The molecule has 0 saturated carbocycles. The van der Waals surface area contributed by atoms with E-state index in [2.05, 4.69) is 5.32 Å². The van der Waals surface area contributed by atoms with E-state index in [9.17, 15) is 17.6 Å². The molecule has 2 fully saturated rings. The fraction of sp³-hybridized carbons (Fsp3) is 0.588. The van der Waals surface area contributed by atoms with Crippen LogP contribution in [0.2, 0.25) is 5.02 Å². The summed E-state index contributed by atoms with van der Waals surface area (Å²) in [6.45, 7) is 1.27. The molecule has 144 valence electrons. The molecule has 3 rings (SSSR count). The molecule has 1 aromatic carbocycles. The van der Waals surface area contributed by atoms with Crippen LogP contribution in [0.25, 0.3) is 0 Å². The predicted molar refractivity (Wildman–Crippen MR) is 97.6 cm³/mol. The number of carbonyl (C=O) groups is 1. The molecular formula is C17H22ClFN2O4S. The molecule has 0 bridgehead atoms. The van der Waals surface area contributed by atoms with Gasteiger partial charge < -0.3 is 10.1 Å². The highest BCUT2D eigenvalue weighted by Crippen LogP contribution is 2.22. The zero-order valence-corrected chi connectivity index (χ0v) is 15.9. The lowest BCUT2D eigenvalue weighted by molar-refractivity contribution is -0.118. The van der Waals surface area contributed by atoms with Crippen LogP contribution in [0.3, 0.4) is 0 Å². The number of hydrogen-bond acceptors (Lipinski definition) is 5. The molecule has 9 heteroatoms. The van der Waals surface area contributed by atoms with Gasteiger partial charge in [0.2, 0.25) is 5.91 Å². The maximum absolute atomic E-state index is 13.2. The third kappa shape index (κ3) is 5.16. The van der Waals surface area contributed by atoms with E-state index in [0.29, 0.717) is 25.3 Å². The number of benzene rings is 1. The van der Waals surface area contributed by atoms with Crippen LogP contribution in [0, 0.1) is 5.82 Å². The van der Waals surface area contributed by atoms with Crippen LogP contribution in [-0.4, -0.2) is 62.6 Å². The van der Waals surface area contributed by atoms with Gasteiger partial charge in [0, 0.05) is 24.9 Å². The second kappa shape index (κ2) is 8.21. The van der Waals surface area contributed by atoms with Crippen molar-refractivity contribution in [3.8, 4) is 0 Å². The lowest BCUT2D eigenvalue weighted by atomic mass is 10.1. The number of nitrogens with one attached hydrogen (secondary N) is 1. The first-order chi connectivity index (χ1) is 12.3. The number of nitrogens with zero attached hydrogens (tertiary/aromatic N) is 1. The fourth-order valence-electron chi connectivity index (χ4n) is 3.41. The Hall–Kier alpha value is -1.22. The zero-order valence-electron chi connectivity index (χ0n) is 14.3. The van der Waals surface area contributed by atoms with Crippen LogP contribution in [-0.2, 0) is 19.4 Å². The Balaban J connectivity index is 1.65. The summed E-state index contributed by atoms with van der Waals surface area (Å²) in [6.07, 6.45) is 2.42. The molecule has 6 nitrogen and oxygen atoms in total. The molecule has 2 atom stereocenters. The van der Waals surface area contributed by atoms with E-state index >= 15 is 0 Å². The molecule has 2 saturated heterocycles. The van der Waals surface area contributed by atoms with Gasteiger partial charge in [-0.15, -0.1) is 0 Å². The average Bonchev–Trinajstić information content (AvgIpc) is 3.19. The first kappa shape index (κ1) is 19.5. The van der Waals surface area contributed by atoms with Crippen LogP contribution in [0.4, 0.5) is 10.1 Å². The molecule has 0 spiro atoms. The van der Waals surface area contributed by atoms with Gasteiger partial charge in [0.05, 0.1) is 29.2 Å². The molecular weight excluding hydrogens is 383 g/mol. The molecule has 1 N–H and O–H groups in total. The van der Waals surface area contributed by atoms with E-state index in [4.69, 9.17) is 16.3 Å². The van der Waals surface area contributed by atoms with Crippen LogP contribution in [0.1, 0.15) is 19.3 Å². The number of rotatable bonds is 6. The summed E-state index contributed by atoms with van der Waals surface area (Å²) in [5.41, 5.74) is 0.400. The molecule has 1 amide bonds. The second-order valence-electron chi connectivity index (χ2n) is 6.80. The Labute approximate surface area is 157 Å². The topological polar surface area (TPSA) is 75.7 Å². The first-order valence-corrected chi connectivity index (χ1v) is 10.8. The van der Waals surface area contributed by atoms with Crippen LogP contribution < -0.4 is 5.32 Å². The number of amides is 1. The molecule has 0 radical (unpaired) electrons. The van der Waals surface area contributed by atoms with Gasteiger partial charge in [0.15, 0.2) is 9.84 Å². The Morgan fingerprint density at radius 2 is 2.19 bits per heavy atom. The summed E-state index contributed by atoms with van der Waals surface area (Å²) in [5.74, 6) is -0.639. The Bertz CT molecular complexity index is 768. The van der Waals surface area contributed by atoms with E-state index in [-0.39, 0.29) is 41.1 Å². The van der Waals surface area contributed by atoms with Crippen LogP contribution in [0.15, 0.2) is 18.2 Å². The van der Waals surface area contributed by atoms with Crippen molar-refractivity contribution in [3.63, 3.8) is 0 Å². The van der Waals surface area contributed by atoms with E-state index in [1.165, 1.54) is 18.2 Å². The molecule has 2 aliphatic rings. The average molecular weight is 405 g/mol. The number of halogens is 2. The van der Waals surface area contributed by atoms with Crippen molar-refractivity contribution in [1.29, 1.82) is 0 Å². The van der Waals surface area contributed by atoms with Gasteiger partial charge >= 0.3 is 0 Å². The number of ether oxygens (including phenoxy) is 1. The van der Waals surface area contributed by atoms with Crippen LogP contribution in [0.5, 0.6) is 0 Å². The fourth-order valence-corrected chi connectivity index (χ4v) is 5.36. The lowest BCUT2D eigenvalue weighted by Gasteiger charge is -2.29. The number of hydrogen-bond donors (Lipinski definition) is 1. The van der Waals surface area contributed by atoms with Gasteiger partial charge in [0.1, 0.15) is 5.82 Å². The molecule has 2 aliphatic heterocycles. The number of sulfone groups is 1. The largest absolute Gasteiger partial charge is 0.377 e. The molecule has 2 heterocycles. The highest BCUT2D eigenvalue weighted by molar-refractivity contribution is 7.91. The first-order valence-electron chi connectivity index (χ1n) is 8.63. The summed E-state index contributed by atoms with van der Waals surface area (Å²) in [6, 6.07) is 3.78. The summed E-state index contributed by atoms with van der Waals surface area (Å²) in [7, 11) is -3.05. The molecule has 0 aliphatic carbocycles. The minimum Gasteiger partial charge on any atom is -0.377 e. The molecule has 0 aromatic heterocycles. The van der Waals surface area contributed by atoms with Gasteiger partial charge in [-0.3, -0.25) is 9.69 Å². The van der Waals surface area contributed by atoms with Gasteiger partial charge in [-0.05, 0) is 37.5 Å². The summed E-state index contributed by atoms with van der Waals surface area (Å²) < 4.78 is 42.5. The number of carbonyl (C=O) groups excluding carboxylic acids is 1. The van der Waals surface area contributed by atoms with Crippen molar-refractivity contribution in [2.24, 2.45) is 0 Å². The van der Waals surface area contributed by atoms with Crippen molar-refractivity contribution in [2.45, 2.75) is 31.4 Å². The summed E-state index contributed by atoms with van der Waals surface area (Å²) in [5, 5.41) is 2.62. The molecule has 26 heavy (non-hydrogen) atoms. The minimum absolute atomic E-state index is 0.0198. The van der Waals surface area contributed by atoms with Crippen LogP contribution >= 0.6 is 11.6 Å². The Kier molecular flexibility index (Phi) is 6.17. The van der Waals surface area contributed by atoms with Crippen molar-refractivity contribution in [1.82, 2.24) is 4.90 Å². The molecule has 2 unspecified atom stereocenters. The van der Waals surface area contributed by atoms with Gasteiger partial charge in [-0.2, -0.15) is 0 Å². The van der Waals surface area contributed by atoms with E-state index in [1.807, 2.05) is 4.90 Å². The summed E-state index contributed by atoms with van der Waals surface area (Å²) >= 11 is 5.73. The van der Waals surface area contributed by atoms with Crippen molar-refractivity contribution >= 4 is 33.0 Å². The number of anilines is 1. The quantitative estimate of drug-likeness (QED) is 0.785.